The third kappa shape index (κ3) is 4.10. The zero-order valence-corrected chi connectivity index (χ0v) is 14.2. The molecular weight excluding hydrogens is 330 g/mol. The van der Waals surface area contributed by atoms with Crippen molar-refractivity contribution in [2.45, 2.75) is 13.3 Å². The Morgan fingerprint density at radius 1 is 1.04 bits per heavy atom. The minimum atomic E-state index is -0.471. The molecule has 0 spiro atoms. The molecule has 0 radical (unpaired) electrons. The van der Waals surface area contributed by atoms with Gasteiger partial charge in [-0.25, -0.2) is 5.43 Å². The number of hydrazone groups is 1. The van der Waals surface area contributed by atoms with Gasteiger partial charge in [0.05, 0.1) is 17.1 Å². The van der Waals surface area contributed by atoms with Gasteiger partial charge in [0.25, 0.3) is 5.69 Å². The third-order valence-electron chi connectivity index (χ3n) is 4.03. The lowest BCUT2D eigenvalue weighted by atomic mass is 10.0. The van der Waals surface area contributed by atoms with Crippen molar-refractivity contribution in [2.75, 3.05) is 0 Å². The van der Waals surface area contributed by atoms with Crippen molar-refractivity contribution < 1.29 is 9.72 Å². The Kier molecular flexibility index (Phi) is 5.03. The minimum absolute atomic E-state index is 0.000623. The maximum Gasteiger partial charge on any atom is 0.269 e. The molecule has 0 saturated carbocycles. The van der Waals surface area contributed by atoms with Crippen molar-refractivity contribution in [3.05, 3.63) is 88.0 Å². The molecule has 1 amide bonds. The first-order valence-electron chi connectivity index (χ1n) is 8.08. The Morgan fingerprint density at radius 3 is 2.42 bits per heavy atom. The molecule has 0 bridgehead atoms. The van der Waals surface area contributed by atoms with Gasteiger partial charge >= 0.3 is 0 Å². The second kappa shape index (κ2) is 7.57. The van der Waals surface area contributed by atoms with Gasteiger partial charge in [0.15, 0.2) is 0 Å². The molecule has 26 heavy (non-hydrogen) atoms. The number of nitrogens with one attached hydrogen (secondary N) is 1. The summed E-state index contributed by atoms with van der Waals surface area (Å²) in [6.45, 7) is 1.83. The van der Waals surface area contributed by atoms with Gasteiger partial charge in [-0.1, -0.05) is 48.5 Å². The molecule has 0 aliphatic carbocycles. The van der Waals surface area contributed by atoms with Crippen LogP contribution < -0.4 is 5.43 Å². The quantitative estimate of drug-likeness (QED) is 0.432. The number of fused-ring (bicyclic) bond motifs is 1. The number of carbonyl (C=O) groups excluding carboxylic acids is 1. The molecule has 3 aromatic carbocycles. The first-order chi connectivity index (χ1) is 12.5. The second-order valence-corrected chi connectivity index (χ2v) is 5.89. The highest BCUT2D eigenvalue weighted by Crippen LogP contribution is 2.16. The average Bonchev–Trinajstić information content (AvgIpc) is 2.66. The van der Waals surface area contributed by atoms with Gasteiger partial charge in [-0.2, -0.15) is 5.10 Å². The molecule has 0 aliphatic rings. The summed E-state index contributed by atoms with van der Waals surface area (Å²) < 4.78 is 0. The molecule has 3 aromatic rings. The van der Waals surface area contributed by atoms with Crippen LogP contribution in [0.5, 0.6) is 0 Å². The molecule has 0 aliphatic heterocycles. The van der Waals surface area contributed by atoms with Crippen LogP contribution in [0.25, 0.3) is 10.8 Å². The highest BCUT2D eigenvalue weighted by atomic mass is 16.6. The van der Waals surface area contributed by atoms with E-state index in [1.165, 1.54) is 12.1 Å². The lowest BCUT2D eigenvalue weighted by molar-refractivity contribution is -0.384. The van der Waals surface area contributed by atoms with Crippen LogP contribution in [0.1, 0.15) is 18.1 Å². The number of hydrogen-bond donors (Lipinski definition) is 1. The van der Waals surface area contributed by atoms with Crippen molar-refractivity contribution in [2.24, 2.45) is 5.10 Å². The van der Waals surface area contributed by atoms with E-state index in [-0.39, 0.29) is 18.0 Å². The van der Waals surface area contributed by atoms with E-state index >= 15 is 0 Å². The van der Waals surface area contributed by atoms with E-state index in [1.54, 1.807) is 12.1 Å². The van der Waals surface area contributed by atoms with Gasteiger partial charge in [-0.3, -0.25) is 14.9 Å². The van der Waals surface area contributed by atoms with Gasteiger partial charge in [0, 0.05) is 12.1 Å². The lowest BCUT2D eigenvalue weighted by Crippen LogP contribution is -2.21. The van der Waals surface area contributed by atoms with Crippen LogP contribution in [0.4, 0.5) is 5.69 Å². The number of nitro benzene ring substituents is 1. The summed E-state index contributed by atoms with van der Waals surface area (Å²) in [6.07, 6.45) is 0.104. The summed E-state index contributed by atoms with van der Waals surface area (Å²) in [5, 5.41) is 17.0. The first kappa shape index (κ1) is 17.3. The maximum atomic E-state index is 12.0. The highest BCUT2D eigenvalue weighted by molar-refractivity contribution is 6.02. The fourth-order valence-electron chi connectivity index (χ4n) is 2.59. The largest absolute Gasteiger partial charge is 0.273 e. The molecule has 130 valence electrons. The van der Waals surface area contributed by atoms with Crippen molar-refractivity contribution in [1.29, 1.82) is 0 Å². The molecule has 0 saturated heterocycles. The van der Waals surface area contributed by atoms with Gasteiger partial charge in [-0.05, 0) is 34.9 Å². The molecular formula is C20H17N3O3. The topological polar surface area (TPSA) is 84.6 Å². The predicted octanol–water partition coefficient (Wildman–Crippen LogP) is 3.83. The van der Waals surface area contributed by atoms with Gasteiger partial charge in [0.2, 0.25) is 5.91 Å². The Bertz CT molecular complexity index is 995. The second-order valence-electron chi connectivity index (χ2n) is 5.89. The fourth-order valence-corrected chi connectivity index (χ4v) is 2.59. The Morgan fingerprint density at radius 2 is 1.73 bits per heavy atom. The molecule has 0 atom stereocenters. The number of carbonyl (C=O) groups is 1. The molecule has 0 heterocycles. The number of non-ortho nitro benzene ring substituents is 1. The van der Waals surface area contributed by atoms with E-state index in [1.807, 2.05) is 49.4 Å². The average molecular weight is 347 g/mol. The summed E-state index contributed by atoms with van der Waals surface area (Å²) >= 11 is 0. The minimum Gasteiger partial charge on any atom is -0.273 e. The molecule has 0 fully saturated rings. The molecule has 1 N–H and O–H groups in total. The molecule has 6 heteroatoms. The van der Waals surface area contributed by atoms with Gasteiger partial charge in [0.1, 0.15) is 0 Å². The zero-order chi connectivity index (χ0) is 18.5. The third-order valence-corrected chi connectivity index (χ3v) is 4.03. The standard InChI is InChI=1S/C20H17N3O3/c1-14(17-9-8-16-4-2-3-5-18(16)13-17)21-22-20(24)12-15-6-10-19(11-7-15)23(25)26/h2-11,13H,12H2,1H3,(H,22,24)/b21-14+. The number of rotatable bonds is 5. The van der Waals surface area contributed by atoms with Crippen LogP contribution in [0.3, 0.4) is 0 Å². The first-order valence-corrected chi connectivity index (χ1v) is 8.08. The van der Waals surface area contributed by atoms with Gasteiger partial charge in [-0.15, -0.1) is 0 Å². The number of benzene rings is 3. The summed E-state index contributed by atoms with van der Waals surface area (Å²) in [5.41, 5.74) is 4.85. The number of nitrogens with zero attached hydrogens (tertiary/aromatic N) is 2. The van der Waals surface area contributed by atoms with E-state index in [2.05, 4.69) is 10.5 Å². The predicted molar refractivity (Wildman–Crippen MR) is 101 cm³/mol. The van der Waals surface area contributed by atoms with Crippen LogP contribution in [-0.2, 0) is 11.2 Å². The molecule has 3 rings (SSSR count). The van der Waals surface area contributed by atoms with Crippen LogP contribution in [-0.4, -0.2) is 16.5 Å². The van der Waals surface area contributed by atoms with Crippen molar-refractivity contribution in [1.82, 2.24) is 5.43 Å². The molecule has 6 nitrogen and oxygen atoms in total. The SMILES string of the molecule is C/C(=N\NC(=O)Cc1ccc([N+](=O)[O-])cc1)c1ccc2ccccc2c1. The van der Waals surface area contributed by atoms with Crippen LogP contribution in [0, 0.1) is 10.1 Å². The van der Waals surface area contributed by atoms with Gasteiger partial charge < -0.3 is 0 Å². The summed E-state index contributed by atoms with van der Waals surface area (Å²) in [5.74, 6) is -0.279. The highest BCUT2D eigenvalue weighted by Gasteiger charge is 2.07. The van der Waals surface area contributed by atoms with E-state index in [0.29, 0.717) is 11.3 Å². The molecule has 0 aromatic heterocycles. The number of amides is 1. The Hall–Kier alpha value is -3.54. The van der Waals surface area contributed by atoms with Crippen molar-refractivity contribution >= 4 is 28.1 Å². The summed E-state index contributed by atoms with van der Waals surface area (Å²) in [6, 6.07) is 19.9. The van der Waals surface area contributed by atoms with Crippen LogP contribution in [0.2, 0.25) is 0 Å². The number of hydrogen-bond acceptors (Lipinski definition) is 4. The number of nitro groups is 1. The maximum absolute atomic E-state index is 12.0. The van der Waals surface area contributed by atoms with E-state index in [9.17, 15) is 14.9 Å². The zero-order valence-electron chi connectivity index (χ0n) is 14.2. The monoisotopic (exact) mass is 347 g/mol. The summed E-state index contributed by atoms with van der Waals surface area (Å²) in [4.78, 5) is 22.2. The molecule has 0 unspecified atom stereocenters. The fraction of sp³-hybridized carbons (Fsp3) is 0.100. The van der Waals surface area contributed by atoms with E-state index in [4.69, 9.17) is 0 Å². The normalized spacial score (nSPS) is 11.3. The van der Waals surface area contributed by atoms with E-state index in [0.717, 1.165) is 16.3 Å². The van der Waals surface area contributed by atoms with Crippen molar-refractivity contribution in [3.8, 4) is 0 Å². The van der Waals surface area contributed by atoms with Crippen molar-refractivity contribution in [3.63, 3.8) is 0 Å². The Labute approximate surface area is 150 Å². The smallest absolute Gasteiger partial charge is 0.269 e. The summed E-state index contributed by atoms with van der Waals surface area (Å²) in [7, 11) is 0. The van der Waals surface area contributed by atoms with Crippen LogP contribution in [0.15, 0.2) is 71.8 Å². The lowest BCUT2D eigenvalue weighted by Gasteiger charge is -2.05. The van der Waals surface area contributed by atoms with Crippen LogP contribution >= 0.6 is 0 Å². The Balaban J connectivity index is 1.65. The van der Waals surface area contributed by atoms with E-state index < -0.39 is 4.92 Å².